The molecule has 0 amide bonds. The van der Waals surface area contributed by atoms with Crippen LogP contribution in [0.3, 0.4) is 0 Å². The fourth-order valence-corrected chi connectivity index (χ4v) is 3.43. The van der Waals surface area contributed by atoms with Crippen molar-refractivity contribution in [1.29, 1.82) is 0 Å². The number of likely N-dealkylation sites (N-methyl/N-ethyl adjacent to an activating group) is 1. The summed E-state index contributed by atoms with van der Waals surface area (Å²) in [6.07, 6.45) is 0. The lowest BCUT2D eigenvalue weighted by Crippen LogP contribution is -2.39. The number of hydrogen-bond acceptors (Lipinski definition) is 5. The molecule has 0 atom stereocenters. The van der Waals surface area contributed by atoms with Gasteiger partial charge in [-0.2, -0.15) is 4.31 Å². The molecule has 0 heterocycles. The Kier molecular flexibility index (Phi) is 6.61. The number of rotatable bonds is 8. The van der Waals surface area contributed by atoms with E-state index in [9.17, 15) is 13.2 Å². The van der Waals surface area contributed by atoms with E-state index < -0.39 is 22.5 Å². The van der Waals surface area contributed by atoms with Gasteiger partial charge in [0.1, 0.15) is 12.3 Å². The van der Waals surface area contributed by atoms with Gasteiger partial charge in [0.25, 0.3) is 0 Å². The molecule has 0 aliphatic carbocycles. The molecule has 124 valence electrons. The van der Waals surface area contributed by atoms with Gasteiger partial charge in [0.15, 0.2) is 0 Å². The quantitative estimate of drug-likeness (QED) is 0.752. The summed E-state index contributed by atoms with van der Waals surface area (Å²) in [5, 5.41) is 9.08. The van der Waals surface area contributed by atoms with Crippen molar-refractivity contribution in [2.75, 3.05) is 40.8 Å². The highest BCUT2D eigenvalue weighted by Crippen LogP contribution is 2.28. The normalized spacial score (nSPS) is 11.9. The van der Waals surface area contributed by atoms with Crippen LogP contribution >= 0.6 is 11.6 Å². The van der Waals surface area contributed by atoms with Gasteiger partial charge < -0.3 is 14.7 Å². The number of halogens is 1. The van der Waals surface area contributed by atoms with E-state index in [0.717, 1.165) is 4.31 Å². The molecule has 0 saturated carbocycles. The zero-order valence-electron chi connectivity index (χ0n) is 12.6. The molecule has 0 aliphatic heterocycles. The maximum absolute atomic E-state index is 12.6. The standard InChI is InChI=1S/C13H19ClN2O5S/c1-15(2)6-7-16(9-13(17)18)22(19,20)10-4-5-12(21-3)11(14)8-10/h4-5,8H,6-7,9H2,1-3H3,(H,17,18). The molecule has 0 unspecified atom stereocenters. The molecule has 22 heavy (non-hydrogen) atoms. The van der Waals surface area contributed by atoms with E-state index in [1.54, 1.807) is 19.0 Å². The minimum absolute atomic E-state index is 0.0608. The maximum atomic E-state index is 12.6. The van der Waals surface area contributed by atoms with Crippen LogP contribution in [0.15, 0.2) is 23.1 Å². The molecule has 0 fully saturated rings. The summed E-state index contributed by atoms with van der Waals surface area (Å²) >= 11 is 5.94. The van der Waals surface area contributed by atoms with E-state index >= 15 is 0 Å². The van der Waals surface area contributed by atoms with Crippen molar-refractivity contribution in [3.05, 3.63) is 23.2 Å². The van der Waals surface area contributed by atoms with Crippen molar-refractivity contribution in [2.24, 2.45) is 0 Å². The molecule has 1 aromatic rings. The Hall–Kier alpha value is -1.35. The first kappa shape index (κ1) is 18.7. The van der Waals surface area contributed by atoms with E-state index in [1.807, 2.05) is 0 Å². The lowest BCUT2D eigenvalue weighted by atomic mass is 10.3. The fraction of sp³-hybridized carbons (Fsp3) is 0.462. The van der Waals surface area contributed by atoms with Crippen molar-refractivity contribution < 1.29 is 23.1 Å². The Balaban J connectivity index is 3.14. The van der Waals surface area contributed by atoms with Crippen molar-refractivity contribution in [1.82, 2.24) is 9.21 Å². The highest BCUT2D eigenvalue weighted by atomic mass is 35.5. The third-order valence-electron chi connectivity index (χ3n) is 2.87. The molecule has 0 spiro atoms. The number of benzene rings is 1. The van der Waals surface area contributed by atoms with Gasteiger partial charge in [0.2, 0.25) is 10.0 Å². The molecule has 0 bridgehead atoms. The molecule has 0 saturated heterocycles. The summed E-state index contributed by atoms with van der Waals surface area (Å²) in [6.45, 7) is -0.151. The molecule has 1 aromatic carbocycles. The van der Waals surface area contributed by atoms with E-state index in [2.05, 4.69) is 0 Å². The Labute approximate surface area is 135 Å². The van der Waals surface area contributed by atoms with Crippen LogP contribution in [0.2, 0.25) is 5.02 Å². The summed E-state index contributed by atoms with van der Waals surface area (Å²) < 4.78 is 31.0. The summed E-state index contributed by atoms with van der Waals surface area (Å²) in [5.74, 6) is -0.874. The second kappa shape index (κ2) is 7.77. The average molecular weight is 351 g/mol. The molecule has 0 radical (unpaired) electrons. The van der Waals surface area contributed by atoms with E-state index in [4.69, 9.17) is 21.4 Å². The third-order valence-corrected chi connectivity index (χ3v) is 5.01. The van der Waals surface area contributed by atoms with E-state index in [1.165, 1.54) is 25.3 Å². The lowest BCUT2D eigenvalue weighted by molar-refractivity contribution is -0.137. The number of carboxylic acid groups (broad SMARTS) is 1. The third kappa shape index (κ3) is 4.84. The van der Waals surface area contributed by atoms with E-state index in [0.29, 0.717) is 12.3 Å². The second-order valence-corrected chi connectivity index (χ2v) is 7.18. The van der Waals surface area contributed by atoms with Crippen molar-refractivity contribution in [3.63, 3.8) is 0 Å². The molecule has 1 N–H and O–H groups in total. The maximum Gasteiger partial charge on any atom is 0.318 e. The molecule has 0 aromatic heterocycles. The first-order valence-corrected chi connectivity index (χ1v) is 8.20. The largest absolute Gasteiger partial charge is 0.495 e. The minimum Gasteiger partial charge on any atom is -0.495 e. The number of hydrogen-bond donors (Lipinski definition) is 1. The van der Waals surface area contributed by atoms with Crippen molar-refractivity contribution >= 4 is 27.6 Å². The number of aliphatic carboxylic acids is 1. The first-order chi connectivity index (χ1) is 10.2. The van der Waals surface area contributed by atoms with Gasteiger partial charge in [-0.15, -0.1) is 0 Å². The first-order valence-electron chi connectivity index (χ1n) is 6.38. The van der Waals surface area contributed by atoms with Crippen LogP contribution in [0.25, 0.3) is 0 Å². The number of nitrogens with zero attached hydrogens (tertiary/aromatic N) is 2. The molecule has 7 nitrogen and oxygen atoms in total. The van der Waals surface area contributed by atoms with Gasteiger partial charge in [0.05, 0.1) is 17.0 Å². The van der Waals surface area contributed by atoms with Crippen molar-refractivity contribution in [2.45, 2.75) is 4.90 Å². The predicted octanol–water partition coefficient (Wildman–Crippen LogP) is 0.986. The summed E-state index contributed by atoms with van der Waals surface area (Å²) in [6, 6.07) is 4.02. The fourth-order valence-electron chi connectivity index (χ4n) is 1.70. The molecular formula is C13H19ClN2O5S. The average Bonchev–Trinajstić information content (AvgIpc) is 2.42. The molecule has 0 aliphatic rings. The Bertz CT molecular complexity index is 633. The zero-order valence-corrected chi connectivity index (χ0v) is 14.2. The smallest absolute Gasteiger partial charge is 0.318 e. The molecular weight excluding hydrogens is 332 g/mol. The summed E-state index contributed by atoms with van der Waals surface area (Å²) in [7, 11) is 1.01. The monoisotopic (exact) mass is 350 g/mol. The van der Waals surface area contributed by atoms with Crippen LogP contribution in [0.5, 0.6) is 5.75 Å². The summed E-state index contributed by atoms with van der Waals surface area (Å²) in [5.41, 5.74) is 0. The van der Waals surface area contributed by atoms with Crippen LogP contribution in [0.4, 0.5) is 0 Å². The highest BCUT2D eigenvalue weighted by Gasteiger charge is 2.27. The second-order valence-electron chi connectivity index (χ2n) is 4.83. The lowest BCUT2D eigenvalue weighted by Gasteiger charge is -2.22. The molecule has 9 heteroatoms. The van der Waals surface area contributed by atoms with Gasteiger partial charge >= 0.3 is 5.97 Å². The van der Waals surface area contributed by atoms with Crippen LogP contribution in [0.1, 0.15) is 0 Å². The topological polar surface area (TPSA) is 87.2 Å². The molecule has 1 rings (SSSR count). The van der Waals surface area contributed by atoms with Gasteiger partial charge in [-0.25, -0.2) is 8.42 Å². The van der Waals surface area contributed by atoms with Gasteiger partial charge in [0, 0.05) is 13.1 Å². The van der Waals surface area contributed by atoms with Gasteiger partial charge in [-0.3, -0.25) is 4.79 Å². The highest BCUT2D eigenvalue weighted by molar-refractivity contribution is 7.89. The van der Waals surface area contributed by atoms with Gasteiger partial charge in [-0.05, 0) is 32.3 Å². The number of carboxylic acids is 1. The zero-order chi connectivity index (χ0) is 16.9. The summed E-state index contributed by atoms with van der Waals surface area (Å²) in [4.78, 5) is 12.6. The number of sulfonamides is 1. The Morgan fingerprint density at radius 2 is 1.95 bits per heavy atom. The van der Waals surface area contributed by atoms with Crippen LogP contribution in [-0.4, -0.2) is 69.5 Å². The minimum atomic E-state index is -3.95. The van der Waals surface area contributed by atoms with Crippen molar-refractivity contribution in [3.8, 4) is 5.75 Å². The van der Waals surface area contributed by atoms with Gasteiger partial charge in [-0.1, -0.05) is 11.6 Å². The van der Waals surface area contributed by atoms with Crippen LogP contribution in [-0.2, 0) is 14.8 Å². The number of methoxy groups -OCH3 is 1. The Morgan fingerprint density at radius 3 is 2.41 bits per heavy atom. The Morgan fingerprint density at radius 1 is 1.32 bits per heavy atom. The SMILES string of the molecule is COc1ccc(S(=O)(=O)N(CCN(C)C)CC(=O)O)cc1Cl. The number of carbonyl (C=O) groups is 1. The van der Waals surface area contributed by atoms with Crippen LogP contribution < -0.4 is 4.74 Å². The predicted molar refractivity (Wildman–Crippen MR) is 83.0 cm³/mol. The van der Waals surface area contributed by atoms with Crippen LogP contribution in [0, 0.1) is 0 Å². The number of ether oxygens (including phenoxy) is 1. The van der Waals surface area contributed by atoms with E-state index in [-0.39, 0.29) is 16.5 Å².